The monoisotopic (exact) mass is 488 g/mol. The molecule has 0 spiro atoms. The average molecular weight is 489 g/mol. The summed E-state index contributed by atoms with van der Waals surface area (Å²) in [6, 6.07) is 5.90. The number of aromatic nitrogens is 3. The molecule has 0 aliphatic carbocycles. The van der Waals surface area contributed by atoms with Gasteiger partial charge in [-0.2, -0.15) is 13.5 Å². The number of nitrogens with one attached hydrogen (secondary N) is 2. The number of aryl methyl sites for hydroxylation is 1. The number of hydrogen-bond donors (Lipinski definition) is 2. The van der Waals surface area contributed by atoms with Crippen molar-refractivity contribution in [3.63, 3.8) is 0 Å². The third-order valence-corrected chi connectivity index (χ3v) is 6.16. The van der Waals surface area contributed by atoms with Gasteiger partial charge in [0.15, 0.2) is 5.03 Å². The van der Waals surface area contributed by atoms with Crippen LogP contribution < -0.4 is 10.0 Å². The number of carbonyl (C=O) groups is 2. The Hall–Kier alpha value is -3.80. The van der Waals surface area contributed by atoms with E-state index in [1.54, 1.807) is 18.3 Å². The fourth-order valence-corrected chi connectivity index (χ4v) is 4.18. The lowest BCUT2D eigenvalue weighted by molar-refractivity contribution is 0.0817. The van der Waals surface area contributed by atoms with Crippen LogP contribution in [0.4, 0.5) is 14.9 Å². The number of anilines is 1. The summed E-state index contributed by atoms with van der Waals surface area (Å²) in [5, 5.41) is 5.90. The highest BCUT2D eigenvalue weighted by molar-refractivity contribution is 7.90. The van der Waals surface area contributed by atoms with Crippen molar-refractivity contribution in [3.05, 3.63) is 59.8 Å². The molecule has 2 heterocycles. The molecule has 0 saturated carbocycles. The van der Waals surface area contributed by atoms with Gasteiger partial charge in [-0.3, -0.25) is 14.5 Å². The maximum Gasteiger partial charge on any atom is 0.333 e. The Labute approximate surface area is 196 Å². The SMILES string of the molecule is CC(C)c1cc(F)cc(-c2cccnc2)c1NC(=O)NS(=O)(=O)c1cc(C(=O)N(C)C)n(C)n1. The van der Waals surface area contributed by atoms with E-state index in [2.05, 4.69) is 15.4 Å². The van der Waals surface area contributed by atoms with Crippen molar-refractivity contribution < 1.29 is 22.4 Å². The zero-order chi connectivity index (χ0) is 25.2. The van der Waals surface area contributed by atoms with Crippen LogP contribution in [-0.4, -0.2) is 54.1 Å². The summed E-state index contributed by atoms with van der Waals surface area (Å²) >= 11 is 0. The molecule has 0 radical (unpaired) electrons. The molecule has 3 aromatic rings. The number of amides is 3. The van der Waals surface area contributed by atoms with Crippen LogP contribution >= 0.6 is 0 Å². The van der Waals surface area contributed by atoms with Crippen LogP contribution in [0.3, 0.4) is 0 Å². The lowest BCUT2D eigenvalue weighted by Gasteiger charge is -2.19. The topological polar surface area (TPSA) is 126 Å². The van der Waals surface area contributed by atoms with Gasteiger partial charge in [0, 0.05) is 50.7 Å². The van der Waals surface area contributed by atoms with E-state index in [0.29, 0.717) is 16.7 Å². The molecule has 10 nitrogen and oxygen atoms in total. The number of carbonyl (C=O) groups excluding carboxylic acids is 2. The van der Waals surface area contributed by atoms with E-state index < -0.39 is 32.8 Å². The molecule has 0 aliphatic heterocycles. The van der Waals surface area contributed by atoms with Crippen molar-refractivity contribution in [1.82, 2.24) is 24.4 Å². The van der Waals surface area contributed by atoms with E-state index in [-0.39, 0.29) is 17.3 Å². The zero-order valence-corrected chi connectivity index (χ0v) is 20.1. The van der Waals surface area contributed by atoms with Crippen molar-refractivity contribution in [2.45, 2.75) is 24.8 Å². The van der Waals surface area contributed by atoms with Gasteiger partial charge >= 0.3 is 6.03 Å². The van der Waals surface area contributed by atoms with Crippen molar-refractivity contribution in [2.24, 2.45) is 7.05 Å². The first-order valence-corrected chi connectivity index (χ1v) is 11.7. The van der Waals surface area contributed by atoms with Gasteiger partial charge in [0.05, 0.1) is 5.69 Å². The highest BCUT2D eigenvalue weighted by Crippen LogP contribution is 2.35. The first kappa shape index (κ1) is 24.8. The third-order valence-electron chi connectivity index (χ3n) is 4.95. The summed E-state index contributed by atoms with van der Waals surface area (Å²) in [6.45, 7) is 3.64. The molecule has 0 unspecified atom stereocenters. The molecule has 12 heteroatoms. The number of rotatable bonds is 6. The molecule has 34 heavy (non-hydrogen) atoms. The molecule has 0 aliphatic rings. The van der Waals surface area contributed by atoms with Gasteiger partial charge < -0.3 is 10.2 Å². The van der Waals surface area contributed by atoms with Crippen LogP contribution in [-0.2, 0) is 17.1 Å². The quantitative estimate of drug-likeness (QED) is 0.549. The van der Waals surface area contributed by atoms with Crippen LogP contribution in [0.15, 0.2) is 47.8 Å². The average Bonchev–Trinajstić information content (AvgIpc) is 3.16. The fraction of sp³-hybridized carbons (Fsp3) is 0.273. The predicted molar refractivity (Wildman–Crippen MR) is 124 cm³/mol. The van der Waals surface area contributed by atoms with Crippen LogP contribution in [0.5, 0.6) is 0 Å². The van der Waals surface area contributed by atoms with Gasteiger partial charge in [0.1, 0.15) is 11.5 Å². The van der Waals surface area contributed by atoms with Gasteiger partial charge in [-0.05, 0) is 29.7 Å². The Morgan fingerprint density at radius 2 is 1.88 bits per heavy atom. The molecular weight excluding hydrogens is 463 g/mol. The van der Waals surface area contributed by atoms with Crippen LogP contribution in [0.2, 0.25) is 0 Å². The minimum Gasteiger partial charge on any atom is -0.343 e. The van der Waals surface area contributed by atoms with E-state index in [0.717, 1.165) is 10.7 Å². The highest BCUT2D eigenvalue weighted by Gasteiger charge is 2.26. The third kappa shape index (κ3) is 5.22. The van der Waals surface area contributed by atoms with Crippen LogP contribution in [0.25, 0.3) is 11.1 Å². The number of benzene rings is 1. The Balaban J connectivity index is 1.95. The molecule has 180 valence electrons. The summed E-state index contributed by atoms with van der Waals surface area (Å²) in [4.78, 5) is 30.3. The van der Waals surface area contributed by atoms with E-state index in [1.165, 1.54) is 44.4 Å². The molecule has 1 aromatic carbocycles. The molecular formula is C22H25FN6O4S. The van der Waals surface area contributed by atoms with Gasteiger partial charge in [0.2, 0.25) is 0 Å². The van der Waals surface area contributed by atoms with E-state index in [4.69, 9.17) is 0 Å². The molecule has 3 rings (SSSR count). The number of halogens is 1. The molecule has 2 N–H and O–H groups in total. The van der Waals surface area contributed by atoms with Gasteiger partial charge in [-0.25, -0.2) is 13.9 Å². The smallest absolute Gasteiger partial charge is 0.333 e. The molecule has 0 bridgehead atoms. The Bertz CT molecular complexity index is 1340. The summed E-state index contributed by atoms with van der Waals surface area (Å²) in [5.41, 5.74) is 1.65. The standard InChI is InChI=1S/C22H25FN6O4S/c1-13(2)16-9-15(23)10-17(14-7-6-8-24-12-14)20(16)25-22(31)27-34(32,33)19-11-18(29(5)26-19)21(30)28(3)4/h6-13H,1-5H3,(H2,25,27,31). The fourth-order valence-electron chi connectivity index (χ4n) is 3.29. The number of nitrogens with zero attached hydrogens (tertiary/aromatic N) is 4. The Kier molecular flexibility index (Phi) is 7.01. The van der Waals surface area contributed by atoms with Gasteiger partial charge in [-0.1, -0.05) is 19.9 Å². The number of pyridine rings is 1. The normalized spacial score (nSPS) is 11.4. The predicted octanol–water partition coefficient (Wildman–Crippen LogP) is 2.96. The molecule has 0 saturated heterocycles. The first-order chi connectivity index (χ1) is 15.9. The highest BCUT2D eigenvalue weighted by atomic mass is 32.2. The summed E-state index contributed by atoms with van der Waals surface area (Å²) in [7, 11) is 0.0455. The number of sulfonamides is 1. The maximum absolute atomic E-state index is 14.4. The van der Waals surface area contributed by atoms with Crippen LogP contribution in [0.1, 0.15) is 35.8 Å². The summed E-state index contributed by atoms with van der Waals surface area (Å²) in [5.74, 6) is -1.14. The van der Waals surface area contributed by atoms with E-state index in [1.807, 2.05) is 18.6 Å². The molecule has 2 aromatic heterocycles. The maximum atomic E-state index is 14.4. The Morgan fingerprint density at radius 1 is 1.18 bits per heavy atom. The molecule has 0 atom stereocenters. The minimum absolute atomic E-state index is 0.0327. The van der Waals surface area contributed by atoms with Crippen molar-refractivity contribution >= 4 is 27.6 Å². The Morgan fingerprint density at radius 3 is 2.47 bits per heavy atom. The molecule has 0 fully saturated rings. The second-order valence-corrected chi connectivity index (χ2v) is 9.69. The molecule has 3 amide bonds. The largest absolute Gasteiger partial charge is 0.343 e. The van der Waals surface area contributed by atoms with Crippen molar-refractivity contribution in [3.8, 4) is 11.1 Å². The van der Waals surface area contributed by atoms with E-state index >= 15 is 0 Å². The lowest BCUT2D eigenvalue weighted by atomic mass is 9.94. The second-order valence-electron chi connectivity index (χ2n) is 8.06. The van der Waals surface area contributed by atoms with Gasteiger partial charge in [-0.15, -0.1) is 0 Å². The number of hydrogen-bond acceptors (Lipinski definition) is 6. The minimum atomic E-state index is -4.41. The van der Waals surface area contributed by atoms with Crippen molar-refractivity contribution in [1.29, 1.82) is 0 Å². The second kappa shape index (κ2) is 9.59. The first-order valence-electron chi connectivity index (χ1n) is 10.2. The van der Waals surface area contributed by atoms with Crippen LogP contribution in [0, 0.1) is 5.82 Å². The number of urea groups is 1. The lowest BCUT2D eigenvalue weighted by Crippen LogP contribution is -2.35. The van der Waals surface area contributed by atoms with E-state index in [9.17, 15) is 22.4 Å². The summed E-state index contributed by atoms with van der Waals surface area (Å²) in [6.07, 6.45) is 3.07. The van der Waals surface area contributed by atoms with Gasteiger partial charge in [0.25, 0.3) is 15.9 Å². The van der Waals surface area contributed by atoms with Crippen molar-refractivity contribution in [2.75, 3.05) is 19.4 Å². The zero-order valence-electron chi connectivity index (χ0n) is 19.3. The summed E-state index contributed by atoms with van der Waals surface area (Å²) < 4.78 is 42.9.